The first-order chi connectivity index (χ1) is 11.5. The van der Waals surface area contributed by atoms with Crippen LogP contribution in [0.1, 0.15) is 6.92 Å². The van der Waals surface area contributed by atoms with Crippen LogP contribution < -0.4 is 5.56 Å². The minimum absolute atomic E-state index is 0.261. The lowest BCUT2D eigenvalue weighted by molar-refractivity contribution is -0.136. The van der Waals surface area contributed by atoms with Crippen molar-refractivity contribution in [3.05, 3.63) is 63.9 Å². The standard InChI is InChI=1S/C17H13ClN2O3S/c1-10(16(22)23)24-17-19-14-8-3-2-7-13(14)15(21)20(17)12-6-4-5-11(18)9-12/h2-10H,1H3,(H,22,23). The zero-order valence-corrected chi connectivity index (χ0v) is 14.2. The van der Waals surface area contributed by atoms with Crippen molar-refractivity contribution in [2.75, 3.05) is 0 Å². The number of thioether (sulfide) groups is 1. The van der Waals surface area contributed by atoms with Crippen LogP contribution in [0.3, 0.4) is 0 Å². The molecule has 0 fully saturated rings. The largest absolute Gasteiger partial charge is 0.480 e. The van der Waals surface area contributed by atoms with E-state index in [2.05, 4.69) is 4.98 Å². The van der Waals surface area contributed by atoms with Crippen molar-refractivity contribution in [2.45, 2.75) is 17.3 Å². The SMILES string of the molecule is CC(Sc1nc2ccccc2c(=O)n1-c1cccc(Cl)c1)C(=O)O. The van der Waals surface area contributed by atoms with Crippen LogP contribution in [0.4, 0.5) is 0 Å². The molecule has 5 nitrogen and oxygen atoms in total. The zero-order chi connectivity index (χ0) is 17.3. The highest BCUT2D eigenvalue weighted by atomic mass is 35.5. The van der Waals surface area contributed by atoms with E-state index in [9.17, 15) is 14.7 Å². The van der Waals surface area contributed by atoms with Gasteiger partial charge in [-0.3, -0.25) is 14.2 Å². The molecule has 0 aliphatic carbocycles. The molecule has 24 heavy (non-hydrogen) atoms. The van der Waals surface area contributed by atoms with Crippen molar-refractivity contribution >= 4 is 40.2 Å². The highest BCUT2D eigenvalue weighted by Crippen LogP contribution is 2.26. The monoisotopic (exact) mass is 360 g/mol. The van der Waals surface area contributed by atoms with Crippen molar-refractivity contribution in [3.8, 4) is 5.69 Å². The van der Waals surface area contributed by atoms with Crippen LogP contribution in [0, 0.1) is 0 Å². The predicted octanol–water partition coefficient (Wildman–Crippen LogP) is 3.60. The van der Waals surface area contributed by atoms with Gasteiger partial charge in [0.05, 0.1) is 16.6 Å². The fourth-order valence-corrected chi connectivity index (χ4v) is 3.29. The summed E-state index contributed by atoms with van der Waals surface area (Å²) in [5, 5.41) is 9.69. The molecule has 1 atom stereocenters. The number of carboxylic acids is 1. The number of carbonyl (C=O) groups is 1. The highest BCUT2D eigenvalue weighted by Gasteiger charge is 2.19. The second kappa shape index (κ2) is 6.67. The van der Waals surface area contributed by atoms with E-state index in [1.54, 1.807) is 55.5 Å². The maximum Gasteiger partial charge on any atom is 0.316 e. The second-order valence-corrected chi connectivity index (χ2v) is 6.87. The van der Waals surface area contributed by atoms with Gasteiger partial charge < -0.3 is 5.11 Å². The van der Waals surface area contributed by atoms with Gasteiger partial charge in [-0.05, 0) is 37.3 Å². The third-order valence-corrected chi connectivity index (χ3v) is 4.72. The molecule has 0 saturated heterocycles. The second-order valence-electron chi connectivity index (χ2n) is 5.13. The number of fused-ring (bicyclic) bond motifs is 1. The van der Waals surface area contributed by atoms with Gasteiger partial charge in [0, 0.05) is 5.02 Å². The molecule has 1 unspecified atom stereocenters. The number of aromatic nitrogens is 2. The molecule has 3 rings (SSSR count). The molecule has 0 bridgehead atoms. The number of rotatable bonds is 4. The lowest BCUT2D eigenvalue weighted by atomic mass is 10.2. The Morgan fingerprint density at radius 1 is 1.25 bits per heavy atom. The van der Waals surface area contributed by atoms with Crippen molar-refractivity contribution in [1.82, 2.24) is 9.55 Å². The summed E-state index contributed by atoms with van der Waals surface area (Å²) in [6, 6.07) is 13.8. The van der Waals surface area contributed by atoms with Gasteiger partial charge in [0.15, 0.2) is 5.16 Å². The minimum Gasteiger partial charge on any atom is -0.480 e. The van der Waals surface area contributed by atoms with Crippen molar-refractivity contribution in [3.63, 3.8) is 0 Å². The third-order valence-electron chi connectivity index (χ3n) is 3.44. The van der Waals surface area contributed by atoms with Crippen LogP contribution in [0.2, 0.25) is 5.02 Å². The van der Waals surface area contributed by atoms with E-state index >= 15 is 0 Å². The van der Waals surface area contributed by atoms with E-state index in [0.717, 1.165) is 11.8 Å². The van der Waals surface area contributed by atoms with Crippen molar-refractivity contribution in [1.29, 1.82) is 0 Å². The van der Waals surface area contributed by atoms with Crippen LogP contribution in [-0.2, 0) is 4.79 Å². The molecule has 1 N–H and O–H groups in total. The summed E-state index contributed by atoms with van der Waals surface area (Å²) in [5.41, 5.74) is 0.815. The summed E-state index contributed by atoms with van der Waals surface area (Å²) in [5.74, 6) is -0.972. The molecule has 0 saturated carbocycles. The Morgan fingerprint density at radius 3 is 2.71 bits per heavy atom. The van der Waals surface area contributed by atoms with Gasteiger partial charge in [-0.15, -0.1) is 0 Å². The summed E-state index contributed by atoms with van der Waals surface area (Å²) < 4.78 is 1.40. The highest BCUT2D eigenvalue weighted by molar-refractivity contribution is 8.00. The number of benzene rings is 2. The maximum atomic E-state index is 12.9. The van der Waals surface area contributed by atoms with Crippen LogP contribution >= 0.6 is 23.4 Å². The zero-order valence-electron chi connectivity index (χ0n) is 12.6. The van der Waals surface area contributed by atoms with Gasteiger partial charge in [-0.1, -0.05) is 41.6 Å². The molecule has 3 aromatic rings. The Labute approximate surface area is 146 Å². The van der Waals surface area contributed by atoms with Gasteiger partial charge in [0.25, 0.3) is 5.56 Å². The first-order valence-electron chi connectivity index (χ1n) is 7.14. The first-order valence-corrected chi connectivity index (χ1v) is 8.40. The summed E-state index contributed by atoms with van der Waals surface area (Å²) >= 11 is 7.05. The summed E-state index contributed by atoms with van der Waals surface area (Å²) in [4.78, 5) is 28.6. The number of hydrogen-bond acceptors (Lipinski definition) is 4. The van der Waals surface area contributed by atoms with Crippen LogP contribution in [0.15, 0.2) is 58.5 Å². The van der Waals surface area contributed by atoms with E-state index in [1.165, 1.54) is 4.57 Å². The van der Waals surface area contributed by atoms with Gasteiger partial charge in [-0.25, -0.2) is 4.98 Å². The van der Waals surface area contributed by atoms with Crippen LogP contribution in [0.25, 0.3) is 16.6 Å². The average Bonchev–Trinajstić information content (AvgIpc) is 2.55. The number of aliphatic carboxylic acids is 1. The third kappa shape index (κ3) is 3.16. The Kier molecular flexibility index (Phi) is 4.59. The van der Waals surface area contributed by atoms with E-state index in [1.807, 2.05) is 0 Å². The lowest BCUT2D eigenvalue weighted by Gasteiger charge is -2.14. The van der Waals surface area contributed by atoms with E-state index in [-0.39, 0.29) is 5.56 Å². The molecule has 0 spiro atoms. The number of halogens is 1. The molecule has 2 aromatic carbocycles. The smallest absolute Gasteiger partial charge is 0.316 e. The number of carboxylic acid groups (broad SMARTS) is 1. The fourth-order valence-electron chi connectivity index (χ4n) is 2.24. The van der Waals surface area contributed by atoms with Gasteiger partial charge in [0.2, 0.25) is 0 Å². The molecule has 0 aliphatic heterocycles. The van der Waals surface area contributed by atoms with E-state index in [0.29, 0.717) is 26.8 Å². The number of para-hydroxylation sites is 1. The minimum atomic E-state index is -0.972. The van der Waals surface area contributed by atoms with Crippen LogP contribution in [0.5, 0.6) is 0 Å². The number of hydrogen-bond donors (Lipinski definition) is 1. The van der Waals surface area contributed by atoms with Crippen molar-refractivity contribution in [2.24, 2.45) is 0 Å². The Balaban J connectivity index is 2.29. The van der Waals surface area contributed by atoms with Gasteiger partial charge >= 0.3 is 5.97 Å². The molecule has 0 aliphatic rings. The quantitative estimate of drug-likeness (QED) is 0.568. The van der Waals surface area contributed by atoms with E-state index in [4.69, 9.17) is 11.6 Å². The van der Waals surface area contributed by atoms with Crippen LogP contribution in [-0.4, -0.2) is 25.9 Å². The molecular formula is C17H13ClN2O3S. The Bertz CT molecular complexity index is 987. The van der Waals surface area contributed by atoms with Gasteiger partial charge in [-0.2, -0.15) is 0 Å². The molecular weight excluding hydrogens is 348 g/mol. The molecule has 1 aromatic heterocycles. The maximum absolute atomic E-state index is 12.9. The topological polar surface area (TPSA) is 72.2 Å². The summed E-state index contributed by atoms with van der Waals surface area (Å²) in [6.45, 7) is 1.55. The molecule has 1 heterocycles. The summed E-state index contributed by atoms with van der Waals surface area (Å²) in [7, 11) is 0. The average molecular weight is 361 g/mol. The first kappa shape index (κ1) is 16.5. The molecule has 122 valence electrons. The molecule has 0 amide bonds. The summed E-state index contributed by atoms with van der Waals surface area (Å²) in [6.07, 6.45) is 0. The fraction of sp³-hybridized carbons (Fsp3) is 0.118. The lowest BCUT2D eigenvalue weighted by Crippen LogP contribution is -2.23. The Morgan fingerprint density at radius 2 is 2.00 bits per heavy atom. The molecule has 7 heteroatoms. The predicted molar refractivity (Wildman–Crippen MR) is 95.3 cm³/mol. The van der Waals surface area contributed by atoms with Gasteiger partial charge in [0.1, 0.15) is 5.25 Å². The van der Waals surface area contributed by atoms with E-state index < -0.39 is 11.2 Å². The normalized spacial score (nSPS) is 12.2. The van der Waals surface area contributed by atoms with Crippen molar-refractivity contribution < 1.29 is 9.90 Å². The Hall–Kier alpha value is -2.31. The number of nitrogens with zero attached hydrogens (tertiary/aromatic N) is 2. The molecule has 0 radical (unpaired) electrons.